The Kier molecular flexibility index (Phi) is 3.55. The van der Waals surface area contributed by atoms with Gasteiger partial charge in [0, 0.05) is 17.5 Å². The smallest absolute Gasteiger partial charge is 0.304 e. The summed E-state index contributed by atoms with van der Waals surface area (Å²) in [5, 5.41) is 0.618. The van der Waals surface area contributed by atoms with E-state index in [1.54, 1.807) is 24.3 Å². The molecule has 1 aromatic carbocycles. The highest BCUT2D eigenvalue weighted by atomic mass is 35.5. The molecule has 0 heterocycles. The number of terminal acetylenes is 1. The highest BCUT2D eigenvalue weighted by molar-refractivity contribution is 6.30. The molecule has 72 valence electrons. The number of ether oxygens (including phenoxy) is 1. The molecule has 0 aliphatic rings. The number of benzene rings is 1. The Morgan fingerprint density at radius 2 is 2.07 bits per heavy atom. The van der Waals surface area contributed by atoms with Crippen LogP contribution in [0.5, 0.6) is 0 Å². The molecule has 0 fully saturated rings. The summed E-state index contributed by atoms with van der Waals surface area (Å²) in [5.74, 6) is 1.98. The standard InChI is InChI=1S/C11H9ClO2/c1-3-11(14-8(2)13)9-4-6-10(12)7-5-9/h1,4-7,11H,2H3. The van der Waals surface area contributed by atoms with Gasteiger partial charge in [-0.15, -0.1) is 6.42 Å². The van der Waals surface area contributed by atoms with Crippen LogP contribution in [0.15, 0.2) is 24.3 Å². The van der Waals surface area contributed by atoms with E-state index in [0.29, 0.717) is 5.02 Å². The third kappa shape index (κ3) is 2.79. The topological polar surface area (TPSA) is 26.3 Å². The lowest BCUT2D eigenvalue weighted by molar-refractivity contribution is -0.144. The average molecular weight is 209 g/mol. The lowest BCUT2D eigenvalue weighted by Gasteiger charge is -2.10. The number of carbonyl (C=O) groups excluding carboxylic acids is 1. The molecule has 14 heavy (non-hydrogen) atoms. The van der Waals surface area contributed by atoms with Crippen LogP contribution in [-0.4, -0.2) is 5.97 Å². The molecular formula is C11H9ClO2. The van der Waals surface area contributed by atoms with Gasteiger partial charge in [-0.05, 0) is 12.1 Å². The molecule has 0 aliphatic carbocycles. The molecule has 1 unspecified atom stereocenters. The summed E-state index contributed by atoms with van der Waals surface area (Å²) in [4.78, 5) is 10.7. The number of carbonyl (C=O) groups is 1. The van der Waals surface area contributed by atoms with Crippen molar-refractivity contribution in [1.29, 1.82) is 0 Å². The Morgan fingerprint density at radius 1 is 1.50 bits per heavy atom. The minimum absolute atomic E-state index is 0.400. The van der Waals surface area contributed by atoms with Gasteiger partial charge in [-0.1, -0.05) is 29.7 Å². The minimum Gasteiger partial charge on any atom is -0.444 e. The maximum absolute atomic E-state index is 10.7. The van der Waals surface area contributed by atoms with Crippen molar-refractivity contribution < 1.29 is 9.53 Å². The molecule has 1 atom stereocenters. The maximum Gasteiger partial charge on any atom is 0.304 e. The van der Waals surface area contributed by atoms with Gasteiger partial charge in [-0.3, -0.25) is 4.79 Å². The summed E-state index contributed by atoms with van der Waals surface area (Å²) < 4.78 is 4.91. The van der Waals surface area contributed by atoms with Gasteiger partial charge in [-0.25, -0.2) is 0 Å². The van der Waals surface area contributed by atoms with Crippen LogP contribution in [0.2, 0.25) is 5.02 Å². The van der Waals surface area contributed by atoms with Crippen molar-refractivity contribution in [3.63, 3.8) is 0 Å². The number of hydrogen-bond donors (Lipinski definition) is 0. The normalized spacial score (nSPS) is 11.5. The molecule has 0 saturated carbocycles. The van der Waals surface area contributed by atoms with E-state index in [1.165, 1.54) is 6.92 Å². The lowest BCUT2D eigenvalue weighted by Crippen LogP contribution is -2.06. The van der Waals surface area contributed by atoms with E-state index < -0.39 is 12.1 Å². The van der Waals surface area contributed by atoms with E-state index >= 15 is 0 Å². The van der Waals surface area contributed by atoms with Crippen LogP contribution in [0.4, 0.5) is 0 Å². The van der Waals surface area contributed by atoms with E-state index in [-0.39, 0.29) is 0 Å². The monoisotopic (exact) mass is 208 g/mol. The van der Waals surface area contributed by atoms with Gasteiger partial charge < -0.3 is 4.74 Å². The molecule has 0 saturated heterocycles. The zero-order valence-electron chi connectivity index (χ0n) is 7.66. The Bertz CT molecular complexity index is 362. The van der Waals surface area contributed by atoms with Crippen LogP contribution in [0.25, 0.3) is 0 Å². The first-order valence-electron chi connectivity index (χ1n) is 4.02. The number of esters is 1. The molecule has 0 aromatic heterocycles. The molecule has 2 nitrogen and oxygen atoms in total. The minimum atomic E-state index is -0.634. The quantitative estimate of drug-likeness (QED) is 0.552. The Balaban J connectivity index is 2.85. The third-order valence-electron chi connectivity index (χ3n) is 1.61. The fourth-order valence-electron chi connectivity index (χ4n) is 1.00. The van der Waals surface area contributed by atoms with Crippen LogP contribution >= 0.6 is 11.6 Å². The van der Waals surface area contributed by atoms with Gasteiger partial charge in [0.2, 0.25) is 0 Å². The first-order valence-corrected chi connectivity index (χ1v) is 4.40. The van der Waals surface area contributed by atoms with E-state index in [0.717, 1.165) is 5.56 Å². The van der Waals surface area contributed by atoms with Crippen molar-refractivity contribution >= 4 is 17.6 Å². The summed E-state index contributed by atoms with van der Waals surface area (Å²) in [6.45, 7) is 1.32. The zero-order valence-corrected chi connectivity index (χ0v) is 8.41. The van der Waals surface area contributed by atoms with E-state index in [2.05, 4.69) is 5.92 Å². The Morgan fingerprint density at radius 3 is 2.50 bits per heavy atom. The van der Waals surface area contributed by atoms with Crippen LogP contribution in [-0.2, 0) is 9.53 Å². The summed E-state index contributed by atoms with van der Waals surface area (Å²) >= 11 is 5.71. The Labute approximate surface area is 87.8 Å². The van der Waals surface area contributed by atoms with Crippen LogP contribution in [0.1, 0.15) is 18.6 Å². The second-order valence-electron chi connectivity index (χ2n) is 2.71. The number of halogens is 1. The molecule has 0 radical (unpaired) electrons. The second kappa shape index (κ2) is 4.69. The maximum atomic E-state index is 10.7. The molecule has 1 rings (SSSR count). The molecular weight excluding hydrogens is 200 g/mol. The van der Waals surface area contributed by atoms with Crippen LogP contribution in [0.3, 0.4) is 0 Å². The van der Waals surface area contributed by atoms with Crippen LogP contribution < -0.4 is 0 Å². The van der Waals surface area contributed by atoms with Crippen molar-refractivity contribution in [1.82, 2.24) is 0 Å². The first kappa shape index (κ1) is 10.6. The molecule has 3 heteroatoms. The van der Waals surface area contributed by atoms with Gasteiger partial charge in [0.1, 0.15) is 0 Å². The highest BCUT2D eigenvalue weighted by Crippen LogP contribution is 2.19. The van der Waals surface area contributed by atoms with Crippen molar-refractivity contribution in [2.75, 3.05) is 0 Å². The number of hydrogen-bond acceptors (Lipinski definition) is 2. The molecule has 0 aliphatic heterocycles. The molecule has 0 spiro atoms. The second-order valence-corrected chi connectivity index (χ2v) is 3.14. The van der Waals surface area contributed by atoms with Gasteiger partial charge in [0.15, 0.2) is 6.10 Å². The lowest BCUT2D eigenvalue weighted by atomic mass is 10.1. The summed E-state index contributed by atoms with van der Waals surface area (Å²) in [5.41, 5.74) is 0.743. The largest absolute Gasteiger partial charge is 0.444 e. The zero-order chi connectivity index (χ0) is 10.6. The summed E-state index contributed by atoms with van der Waals surface area (Å²) in [6, 6.07) is 6.86. The van der Waals surface area contributed by atoms with Crippen molar-refractivity contribution in [2.24, 2.45) is 0 Å². The van der Waals surface area contributed by atoms with E-state index in [9.17, 15) is 4.79 Å². The van der Waals surface area contributed by atoms with Crippen LogP contribution in [0, 0.1) is 12.3 Å². The Hall–Kier alpha value is -1.46. The van der Waals surface area contributed by atoms with Gasteiger partial charge in [0.25, 0.3) is 0 Å². The predicted molar refractivity (Wildman–Crippen MR) is 54.8 cm³/mol. The first-order chi connectivity index (χ1) is 6.63. The van der Waals surface area contributed by atoms with Gasteiger partial charge >= 0.3 is 5.97 Å². The van der Waals surface area contributed by atoms with Crippen molar-refractivity contribution in [3.8, 4) is 12.3 Å². The fraction of sp³-hybridized carbons (Fsp3) is 0.182. The van der Waals surface area contributed by atoms with Gasteiger partial charge in [0.05, 0.1) is 0 Å². The van der Waals surface area contributed by atoms with Gasteiger partial charge in [-0.2, -0.15) is 0 Å². The van der Waals surface area contributed by atoms with E-state index in [1.807, 2.05) is 0 Å². The molecule has 0 amide bonds. The fourth-order valence-corrected chi connectivity index (χ4v) is 1.13. The SMILES string of the molecule is C#CC(OC(C)=O)c1ccc(Cl)cc1. The predicted octanol–water partition coefficient (Wildman–Crippen LogP) is 2.58. The number of rotatable bonds is 2. The van der Waals surface area contributed by atoms with E-state index in [4.69, 9.17) is 22.8 Å². The molecule has 0 N–H and O–H groups in total. The third-order valence-corrected chi connectivity index (χ3v) is 1.86. The van der Waals surface area contributed by atoms with Crippen molar-refractivity contribution in [2.45, 2.75) is 13.0 Å². The molecule has 1 aromatic rings. The summed E-state index contributed by atoms with van der Waals surface area (Å²) in [7, 11) is 0. The average Bonchev–Trinajstić information content (AvgIpc) is 2.15. The van der Waals surface area contributed by atoms with Crippen molar-refractivity contribution in [3.05, 3.63) is 34.9 Å². The highest BCUT2D eigenvalue weighted by Gasteiger charge is 2.10. The molecule has 0 bridgehead atoms. The summed E-state index contributed by atoms with van der Waals surface area (Å²) in [6.07, 6.45) is 4.60.